The van der Waals surface area contributed by atoms with Crippen LogP contribution in [0.4, 0.5) is 14.5 Å². The molecule has 0 spiro atoms. The van der Waals surface area contributed by atoms with E-state index in [4.69, 9.17) is 42.1 Å². The Morgan fingerprint density at radius 2 is 1.77 bits per heavy atom. The lowest BCUT2D eigenvalue weighted by Gasteiger charge is -2.29. The molecule has 12 heteroatoms. The van der Waals surface area contributed by atoms with Crippen LogP contribution in [0.3, 0.4) is 0 Å². The number of hydrogen-bond acceptors (Lipinski definition) is 7. The normalized spacial score (nSPS) is 26.5. The van der Waals surface area contributed by atoms with E-state index >= 15 is 8.78 Å². The van der Waals surface area contributed by atoms with Crippen LogP contribution in [0.5, 0.6) is 5.88 Å². The molecule has 0 radical (unpaired) electrons. The Kier molecular flexibility index (Phi) is 5.98. The maximum absolute atomic E-state index is 15.2. The number of rotatable bonds is 4. The molecule has 0 unspecified atom stereocenters. The summed E-state index contributed by atoms with van der Waals surface area (Å²) in [5.41, 5.74) is 0.707. The fourth-order valence-corrected chi connectivity index (χ4v) is 5.26. The summed E-state index contributed by atoms with van der Waals surface area (Å²) in [7, 11) is 0. The van der Waals surface area contributed by atoms with Gasteiger partial charge in [0.2, 0.25) is 5.88 Å². The van der Waals surface area contributed by atoms with Crippen LogP contribution < -0.4 is 9.64 Å². The molecule has 0 amide bonds. The van der Waals surface area contributed by atoms with Crippen molar-refractivity contribution in [1.82, 2.24) is 9.97 Å². The van der Waals surface area contributed by atoms with E-state index in [9.17, 15) is 5.11 Å². The molecule has 35 heavy (non-hydrogen) atoms. The van der Waals surface area contributed by atoms with Crippen molar-refractivity contribution in [3.63, 3.8) is 0 Å². The number of nitrogens with zero attached hydrogens (tertiary/aromatic N) is 2. The zero-order valence-electron chi connectivity index (χ0n) is 18.3. The lowest BCUT2D eigenvalue weighted by atomic mass is 10.1. The second-order valence-corrected chi connectivity index (χ2v) is 9.47. The molecule has 0 bridgehead atoms. The lowest BCUT2D eigenvalue weighted by molar-refractivity contribution is 0.00796. The molecule has 186 valence electrons. The number of ether oxygens (including phenoxy) is 4. The van der Waals surface area contributed by atoms with Gasteiger partial charge in [0.05, 0.1) is 48.2 Å². The second kappa shape index (κ2) is 9.02. The average molecular weight is 528 g/mol. The first-order valence-corrected chi connectivity index (χ1v) is 11.9. The molecule has 3 aliphatic rings. The maximum Gasteiger partial charge on any atom is 0.213 e. The number of pyridine rings is 1. The SMILES string of the molecule is O[C@@H]1CO[C@H]2[C@@H]1OC[C@H]2Oc1[nH]c2cc(Cl)c(-c3c(F)cc(N4CCOCC4)cc3F)nc2c1Cl. The molecule has 2 N–H and O–H groups in total. The fraction of sp³-hybridized carbons (Fsp3) is 0.435. The van der Waals surface area contributed by atoms with Gasteiger partial charge in [-0.2, -0.15) is 0 Å². The van der Waals surface area contributed by atoms with Crippen molar-refractivity contribution >= 4 is 39.9 Å². The minimum absolute atomic E-state index is 0.0467. The Balaban J connectivity index is 1.33. The summed E-state index contributed by atoms with van der Waals surface area (Å²) in [5.74, 6) is -1.37. The van der Waals surface area contributed by atoms with Crippen molar-refractivity contribution in [3.05, 3.63) is 39.9 Å². The number of aliphatic hydroxyl groups excluding tert-OH is 1. The average Bonchev–Trinajstić information content (AvgIpc) is 3.50. The van der Waals surface area contributed by atoms with Gasteiger partial charge in [-0.3, -0.25) is 0 Å². The van der Waals surface area contributed by atoms with Crippen molar-refractivity contribution in [1.29, 1.82) is 0 Å². The number of nitrogens with one attached hydrogen (secondary N) is 1. The van der Waals surface area contributed by atoms with Crippen molar-refractivity contribution in [2.75, 3.05) is 44.4 Å². The molecule has 3 fully saturated rings. The van der Waals surface area contributed by atoms with Crippen LogP contribution in [0, 0.1) is 11.6 Å². The molecule has 8 nitrogen and oxygen atoms in total. The van der Waals surface area contributed by atoms with Crippen LogP contribution in [0.25, 0.3) is 22.3 Å². The molecule has 0 saturated carbocycles. The molecule has 1 aromatic carbocycles. The highest BCUT2D eigenvalue weighted by molar-refractivity contribution is 6.38. The van der Waals surface area contributed by atoms with Gasteiger partial charge in [0.25, 0.3) is 0 Å². The van der Waals surface area contributed by atoms with E-state index in [2.05, 4.69) is 9.97 Å². The first kappa shape index (κ1) is 23.2. The molecule has 5 heterocycles. The van der Waals surface area contributed by atoms with Gasteiger partial charge in [0.1, 0.15) is 40.5 Å². The summed E-state index contributed by atoms with van der Waals surface area (Å²) in [6.07, 6.45) is -2.11. The number of H-pyrrole nitrogens is 1. The monoisotopic (exact) mass is 527 g/mol. The molecule has 6 rings (SSSR count). The summed E-state index contributed by atoms with van der Waals surface area (Å²) in [5, 5.41) is 10.1. The van der Waals surface area contributed by atoms with E-state index < -0.39 is 36.1 Å². The smallest absolute Gasteiger partial charge is 0.213 e. The van der Waals surface area contributed by atoms with Crippen LogP contribution in [0.1, 0.15) is 0 Å². The first-order chi connectivity index (χ1) is 16.9. The van der Waals surface area contributed by atoms with Crippen molar-refractivity contribution in [2.45, 2.75) is 24.4 Å². The predicted octanol–water partition coefficient (Wildman–Crippen LogP) is 3.56. The zero-order chi connectivity index (χ0) is 24.3. The van der Waals surface area contributed by atoms with E-state index in [0.29, 0.717) is 37.5 Å². The molecular weight excluding hydrogens is 507 g/mol. The third-order valence-electron chi connectivity index (χ3n) is 6.52. The van der Waals surface area contributed by atoms with Gasteiger partial charge in [-0.25, -0.2) is 13.8 Å². The van der Waals surface area contributed by atoms with Crippen LogP contribution in [0.2, 0.25) is 10.0 Å². The van der Waals surface area contributed by atoms with Gasteiger partial charge in [-0.05, 0) is 18.2 Å². The highest BCUT2D eigenvalue weighted by Gasteiger charge is 2.48. The lowest BCUT2D eigenvalue weighted by Crippen LogP contribution is -2.36. The first-order valence-electron chi connectivity index (χ1n) is 11.2. The van der Waals surface area contributed by atoms with E-state index in [1.807, 2.05) is 4.90 Å². The Hall–Kier alpha value is -2.21. The second-order valence-electron chi connectivity index (χ2n) is 8.69. The fourth-order valence-electron chi connectivity index (χ4n) is 4.78. The summed E-state index contributed by atoms with van der Waals surface area (Å²) < 4.78 is 52.7. The molecule has 3 aromatic rings. The number of hydrogen-bond donors (Lipinski definition) is 2. The number of aromatic nitrogens is 2. The number of benzene rings is 1. The molecule has 2 aromatic heterocycles. The Bertz CT molecular complexity index is 1260. The number of anilines is 1. The number of morpholine rings is 1. The number of aromatic amines is 1. The predicted molar refractivity (Wildman–Crippen MR) is 124 cm³/mol. The molecule has 3 aliphatic heterocycles. The van der Waals surface area contributed by atoms with Gasteiger partial charge < -0.3 is 33.9 Å². The van der Waals surface area contributed by atoms with Crippen LogP contribution >= 0.6 is 23.2 Å². The van der Waals surface area contributed by atoms with E-state index in [1.54, 1.807) is 0 Å². The quantitative estimate of drug-likeness (QED) is 0.536. The number of halogens is 4. The largest absolute Gasteiger partial charge is 0.469 e. The van der Waals surface area contributed by atoms with Crippen LogP contribution in [-0.4, -0.2) is 79.0 Å². The summed E-state index contributed by atoms with van der Waals surface area (Å²) >= 11 is 12.9. The third-order valence-corrected chi connectivity index (χ3v) is 7.16. The third kappa shape index (κ3) is 4.02. The Labute approximate surface area is 208 Å². The highest BCUT2D eigenvalue weighted by atomic mass is 35.5. The van der Waals surface area contributed by atoms with Crippen molar-refractivity contribution in [2.24, 2.45) is 0 Å². The van der Waals surface area contributed by atoms with Crippen LogP contribution in [0.15, 0.2) is 18.2 Å². The van der Waals surface area contributed by atoms with Crippen LogP contribution in [-0.2, 0) is 14.2 Å². The highest BCUT2D eigenvalue weighted by Crippen LogP contribution is 2.40. The minimum Gasteiger partial charge on any atom is -0.469 e. The maximum atomic E-state index is 15.2. The van der Waals surface area contributed by atoms with Crippen molar-refractivity contribution in [3.8, 4) is 17.1 Å². The van der Waals surface area contributed by atoms with Gasteiger partial charge in [-0.1, -0.05) is 23.2 Å². The summed E-state index contributed by atoms with van der Waals surface area (Å²) in [6.45, 7) is 2.45. The molecule has 3 saturated heterocycles. The Morgan fingerprint density at radius 3 is 2.51 bits per heavy atom. The zero-order valence-corrected chi connectivity index (χ0v) is 19.8. The summed E-state index contributed by atoms with van der Waals surface area (Å²) in [6, 6.07) is 4.04. The van der Waals surface area contributed by atoms with Gasteiger partial charge >= 0.3 is 0 Å². The van der Waals surface area contributed by atoms with E-state index in [-0.39, 0.29) is 45.9 Å². The Morgan fingerprint density at radius 1 is 1.06 bits per heavy atom. The van der Waals surface area contributed by atoms with Gasteiger partial charge in [0.15, 0.2) is 6.10 Å². The van der Waals surface area contributed by atoms with Gasteiger partial charge in [0, 0.05) is 18.8 Å². The standard InChI is InChI=1S/C23H21Cl2F2N3O5/c24-11-7-14-20(18(25)23(28-14)35-16-9-34-21-15(31)8-33-22(16)21)29-19(11)17-12(26)5-10(6-13(17)27)30-1-3-32-4-2-30/h5-7,15-16,21-22,28,31H,1-4,8-9H2/t15-,16-,21-,22-/m1/s1. The van der Waals surface area contributed by atoms with E-state index in [0.717, 1.165) is 0 Å². The van der Waals surface area contributed by atoms with Gasteiger partial charge in [-0.15, -0.1) is 0 Å². The number of fused-ring (bicyclic) bond motifs is 2. The topological polar surface area (TPSA) is 89.1 Å². The van der Waals surface area contributed by atoms with Crippen molar-refractivity contribution < 1.29 is 32.8 Å². The summed E-state index contributed by atoms with van der Waals surface area (Å²) in [4.78, 5) is 9.25. The minimum atomic E-state index is -0.783. The van der Waals surface area contributed by atoms with E-state index in [1.165, 1.54) is 18.2 Å². The molecule has 4 atom stereocenters. The number of aliphatic hydroxyl groups is 1. The molecular formula is C23H21Cl2F2N3O5. The molecule has 0 aliphatic carbocycles.